The Bertz CT molecular complexity index is 392. The highest BCUT2D eigenvalue weighted by Crippen LogP contribution is 2.08. The molecule has 0 saturated carbocycles. The van der Waals surface area contributed by atoms with Crippen LogP contribution < -0.4 is 0 Å². The molecule has 2 amide bonds. The molecule has 0 spiro atoms. The van der Waals surface area contributed by atoms with Gasteiger partial charge in [-0.15, -0.1) is 0 Å². The lowest BCUT2D eigenvalue weighted by Gasteiger charge is -2.37. The Balaban J connectivity index is 4.56. The molecular formula is C16H36N4O2+2. The maximum Gasteiger partial charge on any atom is 0.236 e. The van der Waals surface area contributed by atoms with Gasteiger partial charge in [0.2, 0.25) is 11.8 Å². The van der Waals surface area contributed by atoms with Crippen molar-refractivity contribution in [3.8, 4) is 0 Å². The second-order valence-corrected chi connectivity index (χ2v) is 7.77. The molecule has 0 aromatic rings. The van der Waals surface area contributed by atoms with Gasteiger partial charge in [-0.1, -0.05) is 0 Å². The SMILES string of the molecule is CC[N+](C)(C)CN(C)C(=O)CC(=O)N(C)C[N+](C)(C)C(C)C. The van der Waals surface area contributed by atoms with Crippen LogP contribution in [0.3, 0.4) is 0 Å². The quantitative estimate of drug-likeness (QED) is 0.377. The molecule has 0 radical (unpaired) electrons. The van der Waals surface area contributed by atoms with E-state index in [1.807, 2.05) is 0 Å². The lowest BCUT2D eigenvalue weighted by atomic mass is 10.3. The van der Waals surface area contributed by atoms with Crippen molar-refractivity contribution in [2.45, 2.75) is 33.2 Å². The maximum absolute atomic E-state index is 12.3. The number of hydrogen-bond acceptors (Lipinski definition) is 2. The molecule has 0 aliphatic rings. The van der Waals surface area contributed by atoms with Crippen LogP contribution in [0.4, 0.5) is 0 Å². The Morgan fingerprint density at radius 1 is 0.909 bits per heavy atom. The fourth-order valence-electron chi connectivity index (χ4n) is 1.94. The van der Waals surface area contributed by atoms with Crippen LogP contribution in [0.2, 0.25) is 0 Å². The van der Waals surface area contributed by atoms with E-state index < -0.39 is 0 Å². The number of hydrogen-bond donors (Lipinski definition) is 0. The molecular weight excluding hydrogens is 280 g/mol. The van der Waals surface area contributed by atoms with Crippen molar-refractivity contribution in [3.05, 3.63) is 0 Å². The molecule has 0 fully saturated rings. The number of carbonyl (C=O) groups is 2. The Hall–Kier alpha value is -1.14. The monoisotopic (exact) mass is 316 g/mol. The van der Waals surface area contributed by atoms with Crippen LogP contribution in [0.15, 0.2) is 0 Å². The van der Waals surface area contributed by atoms with Crippen LogP contribution in [0.1, 0.15) is 27.2 Å². The number of quaternary nitrogens is 2. The van der Waals surface area contributed by atoms with Gasteiger partial charge in [-0.3, -0.25) is 19.4 Å². The van der Waals surface area contributed by atoms with Crippen molar-refractivity contribution in [2.75, 3.05) is 62.2 Å². The Labute approximate surface area is 136 Å². The highest BCUT2D eigenvalue weighted by molar-refractivity contribution is 5.96. The molecule has 0 N–H and O–H groups in total. The summed E-state index contributed by atoms with van der Waals surface area (Å²) in [6.07, 6.45) is -0.0607. The second-order valence-electron chi connectivity index (χ2n) is 7.77. The Morgan fingerprint density at radius 2 is 1.32 bits per heavy atom. The number of carbonyl (C=O) groups excluding carboxylic acids is 2. The van der Waals surface area contributed by atoms with E-state index in [1.165, 1.54) is 0 Å². The van der Waals surface area contributed by atoms with Gasteiger partial charge in [-0.2, -0.15) is 0 Å². The van der Waals surface area contributed by atoms with E-state index in [0.717, 1.165) is 11.0 Å². The molecule has 6 nitrogen and oxygen atoms in total. The number of nitrogens with zero attached hydrogens (tertiary/aromatic N) is 4. The standard InChI is InChI=1S/C16H36N4O2/c1-10-19(6,7)12-17(4)15(21)11-16(22)18(5)13-20(8,9)14(2)3/h14H,10-13H2,1-9H3/q+2. The fraction of sp³-hybridized carbons (Fsp3) is 0.875. The van der Waals surface area contributed by atoms with Gasteiger partial charge in [0.15, 0.2) is 13.3 Å². The lowest BCUT2D eigenvalue weighted by molar-refractivity contribution is -0.919. The predicted molar refractivity (Wildman–Crippen MR) is 89.8 cm³/mol. The summed E-state index contributed by atoms with van der Waals surface area (Å²) in [6, 6.07) is 0.413. The average molecular weight is 316 g/mol. The molecule has 0 heterocycles. The molecule has 0 aromatic carbocycles. The Morgan fingerprint density at radius 3 is 1.68 bits per heavy atom. The minimum atomic E-state index is -0.120. The van der Waals surface area contributed by atoms with Crippen molar-refractivity contribution in [2.24, 2.45) is 0 Å². The summed E-state index contributed by atoms with van der Waals surface area (Å²) < 4.78 is 1.44. The van der Waals surface area contributed by atoms with Crippen LogP contribution in [0.25, 0.3) is 0 Å². The second kappa shape index (κ2) is 7.92. The first kappa shape index (κ1) is 20.9. The third-order valence-corrected chi connectivity index (χ3v) is 4.58. The molecule has 0 aliphatic heterocycles. The zero-order valence-corrected chi connectivity index (χ0v) is 16.0. The van der Waals surface area contributed by atoms with E-state index in [-0.39, 0.29) is 18.2 Å². The van der Waals surface area contributed by atoms with Gasteiger partial charge < -0.3 is 8.97 Å². The summed E-state index contributed by atoms with van der Waals surface area (Å²) in [7, 11) is 11.8. The first-order valence-corrected chi connectivity index (χ1v) is 7.95. The van der Waals surface area contributed by atoms with Crippen molar-refractivity contribution < 1.29 is 18.6 Å². The van der Waals surface area contributed by atoms with Gasteiger partial charge >= 0.3 is 0 Å². The topological polar surface area (TPSA) is 40.6 Å². The van der Waals surface area contributed by atoms with E-state index in [4.69, 9.17) is 0 Å². The summed E-state index contributed by atoms with van der Waals surface area (Å²) in [4.78, 5) is 27.8. The van der Waals surface area contributed by atoms with Crippen molar-refractivity contribution >= 4 is 11.8 Å². The predicted octanol–water partition coefficient (Wildman–Crippen LogP) is 0.789. The van der Waals surface area contributed by atoms with Crippen LogP contribution >= 0.6 is 0 Å². The summed E-state index contributed by atoms with van der Waals surface area (Å²) >= 11 is 0. The van der Waals surface area contributed by atoms with E-state index in [0.29, 0.717) is 23.9 Å². The van der Waals surface area contributed by atoms with Crippen molar-refractivity contribution in [3.63, 3.8) is 0 Å². The molecule has 0 aromatic heterocycles. The summed E-state index contributed by atoms with van der Waals surface area (Å²) in [5.74, 6) is -0.239. The van der Waals surface area contributed by atoms with E-state index >= 15 is 0 Å². The largest absolute Gasteiger partial charge is 0.312 e. The molecule has 0 bridgehead atoms. The third-order valence-electron chi connectivity index (χ3n) is 4.58. The van der Waals surface area contributed by atoms with Crippen molar-refractivity contribution in [1.29, 1.82) is 0 Å². The van der Waals surface area contributed by atoms with Gasteiger partial charge in [0.05, 0.1) is 40.8 Å². The van der Waals surface area contributed by atoms with Crippen molar-refractivity contribution in [1.82, 2.24) is 9.80 Å². The average Bonchev–Trinajstić information content (AvgIpc) is 2.37. The Kier molecular flexibility index (Phi) is 7.51. The molecule has 0 saturated heterocycles. The molecule has 0 aliphatic carbocycles. The summed E-state index contributed by atoms with van der Waals surface area (Å²) in [6.45, 7) is 8.49. The molecule has 22 heavy (non-hydrogen) atoms. The van der Waals surface area contributed by atoms with Crippen LogP contribution in [0.5, 0.6) is 0 Å². The smallest absolute Gasteiger partial charge is 0.236 e. The fourth-order valence-corrected chi connectivity index (χ4v) is 1.94. The van der Waals surface area contributed by atoms with Gasteiger partial charge in [-0.05, 0) is 20.8 Å². The highest BCUT2D eigenvalue weighted by atomic mass is 16.2. The minimum Gasteiger partial charge on any atom is -0.312 e. The zero-order valence-electron chi connectivity index (χ0n) is 16.0. The van der Waals surface area contributed by atoms with E-state index in [1.54, 1.807) is 23.9 Å². The van der Waals surface area contributed by atoms with Gasteiger partial charge in [-0.25, -0.2) is 0 Å². The maximum atomic E-state index is 12.3. The number of rotatable bonds is 8. The highest BCUT2D eigenvalue weighted by Gasteiger charge is 2.27. The van der Waals surface area contributed by atoms with Gasteiger partial charge in [0.1, 0.15) is 6.42 Å². The molecule has 6 heteroatoms. The molecule has 0 unspecified atom stereocenters. The lowest BCUT2D eigenvalue weighted by Crippen LogP contribution is -2.53. The van der Waals surface area contributed by atoms with Crippen LogP contribution in [-0.2, 0) is 9.59 Å². The molecule has 130 valence electrons. The van der Waals surface area contributed by atoms with Gasteiger partial charge in [0, 0.05) is 14.1 Å². The van der Waals surface area contributed by atoms with E-state index in [2.05, 4.69) is 49.0 Å². The van der Waals surface area contributed by atoms with Crippen LogP contribution in [0, 0.1) is 0 Å². The first-order chi connectivity index (χ1) is 9.82. The number of amides is 2. The van der Waals surface area contributed by atoms with E-state index in [9.17, 15) is 9.59 Å². The third kappa shape index (κ3) is 6.75. The summed E-state index contributed by atoms with van der Waals surface area (Å²) in [5.41, 5.74) is 0. The minimum absolute atomic E-state index is 0.0607. The van der Waals surface area contributed by atoms with Gasteiger partial charge in [0.25, 0.3) is 0 Å². The normalized spacial score (nSPS) is 12.5. The first-order valence-electron chi connectivity index (χ1n) is 7.95. The van der Waals surface area contributed by atoms with Crippen LogP contribution in [-0.4, -0.2) is 98.8 Å². The summed E-state index contributed by atoms with van der Waals surface area (Å²) in [5, 5.41) is 0. The molecule has 0 atom stereocenters. The molecule has 0 rings (SSSR count). The zero-order chi connectivity index (χ0) is 17.7.